The van der Waals surface area contributed by atoms with Crippen molar-refractivity contribution in [1.82, 2.24) is 14.9 Å². The Morgan fingerprint density at radius 1 is 1.38 bits per heavy atom. The summed E-state index contributed by atoms with van der Waals surface area (Å²) >= 11 is 0. The van der Waals surface area contributed by atoms with Gasteiger partial charge in [-0.15, -0.1) is 0 Å². The molecule has 1 N–H and O–H groups in total. The third-order valence-electron chi connectivity index (χ3n) is 4.81. The van der Waals surface area contributed by atoms with Crippen LogP contribution in [0.2, 0.25) is 0 Å². The average molecular weight is 350 g/mol. The van der Waals surface area contributed by atoms with Gasteiger partial charge < -0.3 is 9.84 Å². The summed E-state index contributed by atoms with van der Waals surface area (Å²) in [6, 6.07) is 10.1. The molecule has 0 bridgehead atoms. The Bertz CT molecular complexity index is 941. The second kappa shape index (κ2) is 6.78. The van der Waals surface area contributed by atoms with E-state index >= 15 is 0 Å². The van der Waals surface area contributed by atoms with Crippen molar-refractivity contribution >= 4 is 11.7 Å². The molecule has 2 aromatic heterocycles. The van der Waals surface area contributed by atoms with Crippen molar-refractivity contribution in [2.45, 2.75) is 39.7 Å². The molecule has 0 saturated carbocycles. The summed E-state index contributed by atoms with van der Waals surface area (Å²) in [5.74, 6) is 1.65. The fraction of sp³-hybridized carbons (Fsp3) is 0.350. The molecule has 4 rings (SSSR count). The highest BCUT2D eigenvalue weighted by Gasteiger charge is 2.27. The monoisotopic (exact) mass is 350 g/mol. The molecule has 0 aliphatic heterocycles. The van der Waals surface area contributed by atoms with Crippen LogP contribution >= 0.6 is 0 Å². The van der Waals surface area contributed by atoms with E-state index in [0.29, 0.717) is 24.0 Å². The van der Waals surface area contributed by atoms with E-state index in [9.17, 15) is 4.79 Å². The summed E-state index contributed by atoms with van der Waals surface area (Å²) < 4.78 is 7.16. The predicted octanol–water partition coefficient (Wildman–Crippen LogP) is 3.60. The van der Waals surface area contributed by atoms with Crippen LogP contribution in [-0.4, -0.2) is 20.8 Å². The number of hydrogen-bond acceptors (Lipinski definition) is 4. The molecule has 1 aliphatic rings. The number of aryl methyl sites for hydroxylation is 2. The Morgan fingerprint density at radius 2 is 2.27 bits per heavy atom. The van der Waals surface area contributed by atoms with Crippen molar-refractivity contribution in [3.05, 3.63) is 64.7 Å². The molecule has 1 atom stereocenters. The molecule has 1 aliphatic carbocycles. The van der Waals surface area contributed by atoms with E-state index in [4.69, 9.17) is 4.52 Å². The van der Waals surface area contributed by atoms with Crippen molar-refractivity contribution in [2.24, 2.45) is 5.92 Å². The molecule has 1 aromatic carbocycles. The molecule has 2 heterocycles. The number of rotatable bonds is 4. The summed E-state index contributed by atoms with van der Waals surface area (Å²) in [7, 11) is 0. The second-order valence-corrected chi connectivity index (χ2v) is 7.12. The van der Waals surface area contributed by atoms with E-state index < -0.39 is 0 Å². The van der Waals surface area contributed by atoms with Crippen LogP contribution in [0.1, 0.15) is 46.3 Å². The van der Waals surface area contributed by atoms with Crippen LogP contribution in [0.5, 0.6) is 0 Å². The lowest BCUT2D eigenvalue weighted by molar-refractivity contribution is 0.101. The zero-order chi connectivity index (χ0) is 18.1. The molecule has 0 radical (unpaired) electrons. The first-order chi connectivity index (χ1) is 12.6. The largest absolute Gasteiger partial charge is 0.360 e. The first kappa shape index (κ1) is 16.6. The van der Waals surface area contributed by atoms with E-state index in [-0.39, 0.29) is 5.91 Å². The summed E-state index contributed by atoms with van der Waals surface area (Å²) in [6.45, 7) is 4.91. The van der Waals surface area contributed by atoms with Gasteiger partial charge in [0, 0.05) is 24.2 Å². The van der Waals surface area contributed by atoms with Crippen molar-refractivity contribution in [2.75, 3.05) is 5.32 Å². The van der Waals surface area contributed by atoms with E-state index in [2.05, 4.69) is 47.6 Å². The van der Waals surface area contributed by atoms with Crippen LogP contribution < -0.4 is 5.32 Å². The number of benzene rings is 1. The van der Waals surface area contributed by atoms with Gasteiger partial charge in [0.05, 0.1) is 6.54 Å². The van der Waals surface area contributed by atoms with Gasteiger partial charge in [0.25, 0.3) is 5.91 Å². The van der Waals surface area contributed by atoms with Gasteiger partial charge in [0.1, 0.15) is 5.76 Å². The van der Waals surface area contributed by atoms with Crippen LogP contribution in [0.15, 0.2) is 41.1 Å². The van der Waals surface area contributed by atoms with Crippen molar-refractivity contribution < 1.29 is 9.32 Å². The van der Waals surface area contributed by atoms with Crippen LogP contribution in [0.4, 0.5) is 5.82 Å². The predicted molar refractivity (Wildman–Crippen MR) is 98.2 cm³/mol. The molecule has 0 spiro atoms. The number of nitrogens with zero attached hydrogens (tertiary/aromatic N) is 3. The normalized spacial score (nSPS) is 16.3. The average Bonchev–Trinajstić information content (AvgIpc) is 3.21. The van der Waals surface area contributed by atoms with Gasteiger partial charge in [-0.25, -0.2) is 0 Å². The van der Waals surface area contributed by atoms with Crippen molar-refractivity contribution in [1.29, 1.82) is 0 Å². The van der Waals surface area contributed by atoms with Gasteiger partial charge in [-0.3, -0.25) is 9.48 Å². The Labute approximate surface area is 152 Å². The molecule has 0 fully saturated rings. The maximum absolute atomic E-state index is 12.6. The van der Waals surface area contributed by atoms with Crippen LogP contribution in [0, 0.1) is 12.8 Å². The summed E-state index contributed by atoms with van der Waals surface area (Å²) in [5, 5.41) is 11.3. The maximum Gasteiger partial charge on any atom is 0.279 e. The molecule has 3 aromatic rings. The van der Waals surface area contributed by atoms with Gasteiger partial charge >= 0.3 is 0 Å². The van der Waals surface area contributed by atoms with Gasteiger partial charge in [-0.2, -0.15) is 5.10 Å². The lowest BCUT2D eigenvalue weighted by Gasteiger charge is -2.16. The lowest BCUT2D eigenvalue weighted by Crippen LogP contribution is -2.18. The zero-order valence-corrected chi connectivity index (χ0v) is 15.0. The molecule has 134 valence electrons. The Morgan fingerprint density at radius 3 is 3.12 bits per heavy atom. The molecule has 0 saturated heterocycles. The fourth-order valence-electron chi connectivity index (χ4n) is 3.45. The van der Waals surface area contributed by atoms with E-state index in [1.54, 1.807) is 6.07 Å². The standard InChI is InChI=1S/C20H22N4O2/c1-13-4-3-5-15(10-13)12-24-9-8-18(22-24)21-20(25)19-16-11-14(2)6-7-17(16)26-23-19/h3-5,8-10,14H,6-7,11-12H2,1-2H3,(H,21,22,25). The summed E-state index contributed by atoms with van der Waals surface area (Å²) in [6.07, 6.45) is 4.62. The highest BCUT2D eigenvalue weighted by molar-refractivity contribution is 6.03. The van der Waals surface area contributed by atoms with Gasteiger partial charge in [-0.05, 0) is 31.2 Å². The molecular formula is C20H22N4O2. The number of carbonyl (C=O) groups excluding carboxylic acids is 1. The number of aromatic nitrogens is 3. The number of amides is 1. The smallest absolute Gasteiger partial charge is 0.279 e. The molecule has 6 nitrogen and oxygen atoms in total. The number of carbonyl (C=O) groups is 1. The summed E-state index contributed by atoms with van der Waals surface area (Å²) in [4.78, 5) is 12.6. The topological polar surface area (TPSA) is 73.0 Å². The molecule has 6 heteroatoms. The van der Waals surface area contributed by atoms with Crippen LogP contribution in [-0.2, 0) is 19.4 Å². The third-order valence-corrected chi connectivity index (χ3v) is 4.81. The summed E-state index contributed by atoms with van der Waals surface area (Å²) in [5.41, 5.74) is 3.72. The Balaban J connectivity index is 1.46. The fourth-order valence-corrected chi connectivity index (χ4v) is 3.45. The number of anilines is 1. The first-order valence-corrected chi connectivity index (χ1v) is 8.96. The van der Waals surface area contributed by atoms with Gasteiger partial charge in [0.15, 0.2) is 11.5 Å². The number of fused-ring (bicyclic) bond motifs is 1. The first-order valence-electron chi connectivity index (χ1n) is 8.96. The number of nitrogens with one attached hydrogen (secondary N) is 1. The van der Waals surface area contributed by atoms with Crippen molar-refractivity contribution in [3.8, 4) is 0 Å². The van der Waals surface area contributed by atoms with Gasteiger partial charge in [0.2, 0.25) is 0 Å². The minimum absolute atomic E-state index is 0.259. The molecule has 26 heavy (non-hydrogen) atoms. The highest BCUT2D eigenvalue weighted by atomic mass is 16.5. The maximum atomic E-state index is 12.6. The zero-order valence-electron chi connectivity index (χ0n) is 15.0. The Hall–Kier alpha value is -2.89. The van der Waals surface area contributed by atoms with Crippen LogP contribution in [0.3, 0.4) is 0 Å². The van der Waals surface area contributed by atoms with E-state index in [0.717, 1.165) is 30.6 Å². The minimum atomic E-state index is -0.259. The minimum Gasteiger partial charge on any atom is -0.360 e. The van der Waals surface area contributed by atoms with Crippen molar-refractivity contribution in [3.63, 3.8) is 0 Å². The second-order valence-electron chi connectivity index (χ2n) is 7.12. The molecular weight excluding hydrogens is 328 g/mol. The highest BCUT2D eigenvalue weighted by Crippen LogP contribution is 2.28. The number of hydrogen-bond donors (Lipinski definition) is 1. The lowest BCUT2D eigenvalue weighted by atomic mass is 9.88. The van der Waals surface area contributed by atoms with Crippen LogP contribution in [0.25, 0.3) is 0 Å². The molecule has 1 unspecified atom stereocenters. The van der Waals surface area contributed by atoms with Gasteiger partial charge in [-0.1, -0.05) is 41.9 Å². The quantitative estimate of drug-likeness (QED) is 0.780. The Kier molecular flexibility index (Phi) is 4.32. The third kappa shape index (κ3) is 3.40. The van der Waals surface area contributed by atoms with E-state index in [1.807, 2.05) is 16.9 Å². The molecule has 1 amide bonds. The van der Waals surface area contributed by atoms with E-state index in [1.165, 1.54) is 11.1 Å². The SMILES string of the molecule is Cc1cccc(Cn2ccc(NC(=O)c3noc4c3CC(C)CC4)n2)c1.